The molecule has 1 fully saturated rings. The lowest BCUT2D eigenvalue weighted by Crippen LogP contribution is -2.30. The van der Waals surface area contributed by atoms with Crippen molar-refractivity contribution in [3.63, 3.8) is 0 Å². The maximum atomic E-state index is 12.8. The van der Waals surface area contributed by atoms with Gasteiger partial charge in [0.05, 0.1) is 19.1 Å². The van der Waals surface area contributed by atoms with Crippen LogP contribution in [0.4, 0.5) is 0 Å². The Morgan fingerprint density at radius 3 is 2.36 bits per heavy atom. The Morgan fingerprint density at radius 2 is 1.71 bits per heavy atom. The average molecular weight is 414 g/mol. The summed E-state index contributed by atoms with van der Waals surface area (Å²) in [6.07, 6.45) is 3.60. The van der Waals surface area contributed by atoms with Gasteiger partial charge in [0.15, 0.2) is 11.5 Å². The van der Waals surface area contributed by atoms with Crippen LogP contribution in [0.5, 0.6) is 11.5 Å². The van der Waals surface area contributed by atoms with Crippen LogP contribution in [-0.4, -0.2) is 35.9 Å². The Morgan fingerprint density at radius 1 is 1.04 bits per heavy atom. The second-order valence-corrected chi connectivity index (χ2v) is 8.04. The smallest absolute Gasteiger partial charge is 0.266 e. The Bertz CT molecular complexity index is 906. The predicted octanol–water partition coefficient (Wildman–Crippen LogP) is 4.71. The van der Waals surface area contributed by atoms with Crippen molar-refractivity contribution >= 4 is 40.3 Å². The second-order valence-electron chi connectivity index (χ2n) is 6.37. The number of carbonyl (C=O) groups excluding carboxylic acids is 1. The predicted molar refractivity (Wildman–Crippen MR) is 119 cm³/mol. The van der Waals surface area contributed by atoms with Gasteiger partial charge in [-0.1, -0.05) is 61.2 Å². The summed E-state index contributed by atoms with van der Waals surface area (Å²) in [6.45, 7) is 2.66. The number of ether oxygens (including phenoxy) is 2. The van der Waals surface area contributed by atoms with Gasteiger partial charge >= 0.3 is 0 Å². The maximum Gasteiger partial charge on any atom is 0.266 e. The lowest BCUT2D eigenvalue weighted by molar-refractivity contribution is -0.122. The van der Waals surface area contributed by atoms with Gasteiger partial charge in [-0.25, -0.2) is 0 Å². The van der Waals surface area contributed by atoms with E-state index < -0.39 is 0 Å². The number of methoxy groups -OCH3 is 2. The van der Waals surface area contributed by atoms with Crippen molar-refractivity contribution in [1.29, 1.82) is 0 Å². The monoisotopic (exact) mass is 413 g/mol. The van der Waals surface area contributed by atoms with Gasteiger partial charge in [-0.3, -0.25) is 9.69 Å². The van der Waals surface area contributed by atoms with Gasteiger partial charge in [0.1, 0.15) is 4.32 Å². The zero-order valence-corrected chi connectivity index (χ0v) is 17.9. The topological polar surface area (TPSA) is 38.8 Å². The number of amides is 1. The Kier molecular flexibility index (Phi) is 6.75. The first-order chi connectivity index (χ1) is 13.5. The van der Waals surface area contributed by atoms with E-state index in [0.717, 1.165) is 17.5 Å². The van der Waals surface area contributed by atoms with Gasteiger partial charge in [-0.2, -0.15) is 0 Å². The number of rotatable bonds is 7. The van der Waals surface area contributed by atoms with Crippen LogP contribution in [0, 0.1) is 0 Å². The second kappa shape index (κ2) is 9.26. The molecule has 2 aromatic rings. The fraction of sp³-hybridized carbons (Fsp3) is 0.273. The number of carbonyl (C=O) groups is 1. The average Bonchev–Trinajstić information content (AvgIpc) is 2.99. The van der Waals surface area contributed by atoms with Crippen molar-refractivity contribution in [1.82, 2.24) is 4.90 Å². The van der Waals surface area contributed by atoms with Crippen LogP contribution in [0.25, 0.3) is 6.08 Å². The largest absolute Gasteiger partial charge is 0.493 e. The number of benzene rings is 2. The van der Waals surface area contributed by atoms with Crippen LogP contribution in [0.15, 0.2) is 47.4 Å². The minimum absolute atomic E-state index is 0.0324. The lowest BCUT2D eigenvalue weighted by Gasteiger charge is -2.15. The fourth-order valence-electron chi connectivity index (χ4n) is 2.97. The number of thiocarbonyl (C=S) groups is 1. The molecular weight excluding hydrogens is 390 g/mol. The number of aryl methyl sites for hydroxylation is 1. The minimum atomic E-state index is -0.0324. The molecule has 0 aliphatic carbocycles. The summed E-state index contributed by atoms with van der Waals surface area (Å²) in [5.41, 5.74) is 3.35. The molecule has 146 valence electrons. The molecule has 0 saturated carbocycles. The molecule has 1 amide bonds. The molecule has 0 N–H and O–H groups in total. The van der Waals surface area contributed by atoms with Crippen LogP contribution in [-0.2, 0) is 17.6 Å². The molecule has 1 heterocycles. The van der Waals surface area contributed by atoms with Crippen molar-refractivity contribution < 1.29 is 14.3 Å². The van der Waals surface area contributed by atoms with Gasteiger partial charge < -0.3 is 9.47 Å². The van der Waals surface area contributed by atoms with E-state index in [4.69, 9.17) is 21.7 Å². The highest BCUT2D eigenvalue weighted by molar-refractivity contribution is 8.26. The molecule has 1 saturated heterocycles. The third-order valence-corrected chi connectivity index (χ3v) is 6.01. The van der Waals surface area contributed by atoms with Gasteiger partial charge in [0, 0.05) is 6.54 Å². The first-order valence-electron chi connectivity index (χ1n) is 9.11. The van der Waals surface area contributed by atoms with Crippen LogP contribution in [0.2, 0.25) is 0 Å². The maximum absolute atomic E-state index is 12.8. The summed E-state index contributed by atoms with van der Waals surface area (Å²) in [7, 11) is 3.22. The summed E-state index contributed by atoms with van der Waals surface area (Å²) < 4.78 is 11.2. The standard InChI is InChI=1S/C22H23NO3S2/c1-4-15-5-7-16(8-6-15)14-20-21(24)23(22(27)28-20)12-11-17-9-10-18(25-2)19(13-17)26-3/h5-10,13-14H,4,11-12H2,1-3H3. The van der Waals surface area contributed by atoms with Crippen molar-refractivity contribution in [3.8, 4) is 11.5 Å². The molecule has 2 aromatic carbocycles. The Labute approximate surface area is 175 Å². The summed E-state index contributed by atoms with van der Waals surface area (Å²) in [5, 5.41) is 0. The van der Waals surface area contributed by atoms with E-state index in [1.165, 1.54) is 17.3 Å². The van der Waals surface area contributed by atoms with Crippen molar-refractivity contribution in [2.45, 2.75) is 19.8 Å². The van der Waals surface area contributed by atoms with E-state index in [1.54, 1.807) is 19.1 Å². The zero-order valence-electron chi connectivity index (χ0n) is 16.2. The highest BCUT2D eigenvalue weighted by Gasteiger charge is 2.31. The van der Waals surface area contributed by atoms with Gasteiger partial charge in [-0.15, -0.1) is 0 Å². The van der Waals surface area contributed by atoms with E-state index in [2.05, 4.69) is 19.1 Å². The molecule has 28 heavy (non-hydrogen) atoms. The van der Waals surface area contributed by atoms with Crippen LogP contribution < -0.4 is 9.47 Å². The number of nitrogens with zero attached hydrogens (tertiary/aromatic N) is 1. The molecule has 6 heteroatoms. The fourth-order valence-corrected chi connectivity index (χ4v) is 4.28. The van der Waals surface area contributed by atoms with Crippen molar-refractivity contribution in [2.24, 2.45) is 0 Å². The summed E-state index contributed by atoms with van der Waals surface area (Å²) >= 11 is 6.80. The SMILES string of the molecule is CCc1ccc(C=C2SC(=S)N(CCc3ccc(OC)c(OC)c3)C2=O)cc1. The van der Waals surface area contributed by atoms with Crippen molar-refractivity contribution in [2.75, 3.05) is 20.8 Å². The summed E-state index contributed by atoms with van der Waals surface area (Å²) in [4.78, 5) is 15.1. The highest BCUT2D eigenvalue weighted by atomic mass is 32.2. The first-order valence-corrected chi connectivity index (χ1v) is 10.3. The molecule has 0 bridgehead atoms. The third kappa shape index (κ3) is 4.56. The Hall–Kier alpha value is -2.31. The summed E-state index contributed by atoms with van der Waals surface area (Å²) in [6, 6.07) is 14.0. The zero-order chi connectivity index (χ0) is 20.1. The quantitative estimate of drug-likeness (QED) is 0.486. The van der Waals surface area contributed by atoms with Gasteiger partial charge in [0.2, 0.25) is 0 Å². The van der Waals surface area contributed by atoms with Gasteiger partial charge in [0.25, 0.3) is 5.91 Å². The molecule has 4 nitrogen and oxygen atoms in total. The van der Waals surface area contributed by atoms with Crippen LogP contribution in [0.1, 0.15) is 23.6 Å². The molecular formula is C22H23NO3S2. The molecule has 0 spiro atoms. The third-order valence-electron chi connectivity index (χ3n) is 4.63. The summed E-state index contributed by atoms with van der Waals surface area (Å²) in [5.74, 6) is 1.34. The molecule has 3 rings (SSSR count). The first kappa shape index (κ1) is 20.4. The van der Waals surface area contributed by atoms with E-state index in [0.29, 0.717) is 33.7 Å². The van der Waals surface area contributed by atoms with Crippen molar-refractivity contribution in [3.05, 3.63) is 64.1 Å². The molecule has 0 unspecified atom stereocenters. The minimum Gasteiger partial charge on any atom is -0.493 e. The molecule has 0 atom stereocenters. The van der Waals surface area contributed by atoms with Gasteiger partial charge in [-0.05, 0) is 47.7 Å². The van der Waals surface area contributed by atoms with E-state index in [1.807, 2.05) is 36.4 Å². The number of hydrogen-bond donors (Lipinski definition) is 0. The number of thioether (sulfide) groups is 1. The van der Waals surface area contributed by atoms with Crippen LogP contribution in [0.3, 0.4) is 0 Å². The van der Waals surface area contributed by atoms with E-state index >= 15 is 0 Å². The normalized spacial score (nSPS) is 15.4. The Balaban J connectivity index is 1.69. The number of hydrogen-bond acceptors (Lipinski definition) is 5. The van der Waals surface area contributed by atoms with E-state index in [-0.39, 0.29) is 5.91 Å². The molecule has 1 aliphatic rings. The molecule has 0 radical (unpaired) electrons. The van der Waals surface area contributed by atoms with E-state index in [9.17, 15) is 4.79 Å². The molecule has 0 aromatic heterocycles. The van der Waals surface area contributed by atoms with Crippen LogP contribution >= 0.6 is 24.0 Å². The lowest BCUT2D eigenvalue weighted by atomic mass is 10.1. The molecule has 1 aliphatic heterocycles. The highest BCUT2D eigenvalue weighted by Crippen LogP contribution is 2.33.